The number of rotatable bonds is 20. The number of quaternary nitrogens is 1. The number of halogens is 24. The van der Waals surface area contributed by atoms with E-state index >= 15 is 0 Å². The predicted octanol–water partition coefficient (Wildman–Crippen LogP) is 19.3. The summed E-state index contributed by atoms with van der Waals surface area (Å²) < 4.78 is 340. The first kappa shape index (κ1) is 66.9. The summed E-state index contributed by atoms with van der Waals surface area (Å²) >= 11 is 0. The summed E-state index contributed by atoms with van der Waals surface area (Å²) in [6.45, 7) is 2.07. The molecule has 0 saturated heterocycles. The summed E-state index contributed by atoms with van der Waals surface area (Å²) in [6.07, 6.45) is -34.3. The van der Waals surface area contributed by atoms with Crippen LogP contribution in [-0.4, -0.2) is 32.9 Å². The van der Waals surface area contributed by atoms with E-state index in [9.17, 15) is 105 Å². The molecule has 0 aliphatic heterocycles. The minimum absolute atomic E-state index is 0.0337. The van der Waals surface area contributed by atoms with Crippen LogP contribution in [0.2, 0.25) is 0 Å². The van der Waals surface area contributed by atoms with E-state index in [0.717, 1.165) is 51.4 Å². The van der Waals surface area contributed by atoms with Gasteiger partial charge in [-0.1, -0.05) is 82.3 Å². The Morgan fingerprint density at radius 3 is 1.00 bits per heavy atom. The van der Waals surface area contributed by atoms with Gasteiger partial charge in [0.1, 0.15) is 23.3 Å². The Balaban J connectivity index is 0.000000987. The van der Waals surface area contributed by atoms with E-state index < -0.39 is 147 Å². The van der Waals surface area contributed by atoms with Gasteiger partial charge in [-0.15, -0.1) is 6.07 Å². The van der Waals surface area contributed by atoms with Crippen molar-refractivity contribution >= 4 is 7.32 Å². The lowest BCUT2D eigenvalue weighted by molar-refractivity contribution is -0.902. The van der Waals surface area contributed by atoms with E-state index in [4.69, 9.17) is 14.0 Å². The van der Waals surface area contributed by atoms with Gasteiger partial charge in [0.2, 0.25) is 0 Å². The van der Waals surface area contributed by atoms with Gasteiger partial charge in [0.05, 0.1) is 60.1 Å². The maximum Gasteiger partial charge on any atom is 0.864 e. The summed E-state index contributed by atoms with van der Waals surface area (Å²) in [6, 6.07) is -0.437. The van der Waals surface area contributed by atoms with E-state index in [-0.39, 0.29) is 55.3 Å². The Morgan fingerprint density at radius 2 is 0.692 bits per heavy atom. The van der Waals surface area contributed by atoms with Gasteiger partial charge in [0.25, 0.3) is 0 Å². The largest absolute Gasteiger partial charge is 0.864 e. The molecule has 0 aliphatic rings. The van der Waals surface area contributed by atoms with Crippen molar-refractivity contribution in [3.63, 3.8) is 0 Å². The van der Waals surface area contributed by atoms with Crippen molar-refractivity contribution in [2.75, 3.05) is 21.1 Å². The molecule has 0 heterocycles. The van der Waals surface area contributed by atoms with E-state index in [0.29, 0.717) is 25.0 Å². The summed E-state index contributed by atoms with van der Waals surface area (Å²) in [5.74, 6) is -4.63. The second-order valence-electron chi connectivity index (χ2n) is 18.5. The van der Waals surface area contributed by atoms with E-state index in [2.05, 4.69) is 6.92 Å². The zero-order valence-corrected chi connectivity index (χ0v) is 41.2. The van der Waals surface area contributed by atoms with Crippen molar-refractivity contribution < 1.29 is 124 Å². The Hall–Kier alpha value is -5.38. The Kier molecular flexibility index (Phi) is 22.1. The Bertz CT molecular complexity index is 2360. The van der Waals surface area contributed by atoms with Gasteiger partial charge in [0.15, 0.2) is 0 Å². The average molecular weight is 1170 g/mol. The summed E-state index contributed by atoms with van der Waals surface area (Å²) in [7, 11) is 0.765. The number of nitrogens with zero attached hydrogens (tertiary/aromatic N) is 1. The third kappa shape index (κ3) is 21.0. The van der Waals surface area contributed by atoms with Gasteiger partial charge in [-0.05, 0) is 55.0 Å². The van der Waals surface area contributed by atoms with Crippen LogP contribution in [-0.2, 0) is 49.4 Å². The van der Waals surface area contributed by atoms with Crippen LogP contribution in [0.25, 0.3) is 0 Å². The van der Waals surface area contributed by atoms with E-state index in [1.54, 1.807) is 6.07 Å². The Labute approximate surface area is 431 Å². The minimum atomic E-state index is -5.64. The summed E-state index contributed by atoms with van der Waals surface area (Å²) in [5, 5.41) is 0. The molecule has 0 bridgehead atoms. The van der Waals surface area contributed by atoms with Crippen molar-refractivity contribution in [3.05, 3.63) is 123 Å². The monoisotopic (exact) mass is 1170 g/mol. The predicted molar refractivity (Wildman–Crippen MR) is 234 cm³/mol. The van der Waals surface area contributed by atoms with Crippen LogP contribution in [0.5, 0.6) is 17.2 Å². The highest BCUT2D eigenvalue weighted by atomic mass is 19.4. The molecule has 78 heavy (non-hydrogen) atoms. The zero-order chi connectivity index (χ0) is 59.7. The van der Waals surface area contributed by atoms with Crippen molar-refractivity contribution in [2.45, 2.75) is 139 Å². The van der Waals surface area contributed by atoms with Crippen LogP contribution in [0.3, 0.4) is 0 Å². The molecule has 1 unspecified atom stereocenters. The molecule has 438 valence electrons. The molecule has 4 nitrogen and oxygen atoms in total. The molecule has 0 radical (unpaired) electrons. The van der Waals surface area contributed by atoms with E-state index in [1.807, 2.05) is 0 Å². The second kappa shape index (κ2) is 25.8. The molecule has 4 aromatic carbocycles. The quantitative estimate of drug-likeness (QED) is 0.0290. The number of alkyl halides is 24. The normalized spacial score (nSPS) is 13.7. The van der Waals surface area contributed by atoms with Gasteiger partial charge in [-0.3, -0.25) is 0 Å². The van der Waals surface area contributed by atoms with Crippen molar-refractivity contribution in [3.8, 4) is 17.2 Å². The topological polar surface area (TPSA) is 27.7 Å². The van der Waals surface area contributed by atoms with Crippen LogP contribution in [0, 0.1) is 6.07 Å². The first-order chi connectivity index (χ1) is 35.3. The van der Waals surface area contributed by atoms with Gasteiger partial charge in [-0.2, -0.15) is 124 Å². The molecular formula is C49H48BF24NO3. The highest BCUT2D eigenvalue weighted by Crippen LogP contribution is 2.48. The molecule has 0 spiro atoms. The van der Waals surface area contributed by atoms with Crippen molar-refractivity contribution in [2.24, 2.45) is 0 Å². The number of hydrogen-bond donors (Lipinski definition) is 0. The third-order valence-electron chi connectivity index (χ3n) is 11.4. The smallest absolute Gasteiger partial charge is 0.490 e. The molecular weight excluding hydrogens is 1120 g/mol. The molecule has 4 rings (SSSR count). The Morgan fingerprint density at radius 1 is 0.385 bits per heavy atom. The van der Waals surface area contributed by atoms with Crippen LogP contribution < -0.4 is 14.0 Å². The molecule has 0 aliphatic carbocycles. The lowest BCUT2D eigenvalue weighted by Crippen LogP contribution is -2.42. The lowest BCUT2D eigenvalue weighted by atomic mass is 9.90. The van der Waals surface area contributed by atoms with Gasteiger partial charge in [0, 0.05) is 6.42 Å². The molecule has 0 aromatic heterocycles. The fourth-order valence-corrected chi connectivity index (χ4v) is 7.57. The van der Waals surface area contributed by atoms with Crippen molar-refractivity contribution in [1.82, 2.24) is 0 Å². The second-order valence-corrected chi connectivity index (χ2v) is 18.5. The summed E-state index contributed by atoms with van der Waals surface area (Å²) in [5.41, 5.74) is -16.2. The van der Waals surface area contributed by atoms with Crippen LogP contribution in [0.15, 0.2) is 66.7 Å². The van der Waals surface area contributed by atoms with E-state index in [1.165, 1.54) is 21.1 Å². The fraction of sp³-hybridized carbons (Fsp3) is 0.510. The first-order valence-corrected chi connectivity index (χ1v) is 23.2. The summed E-state index contributed by atoms with van der Waals surface area (Å²) in [4.78, 5) is 0. The number of benzene rings is 4. The van der Waals surface area contributed by atoms with Crippen LogP contribution >= 0.6 is 0 Å². The zero-order valence-electron chi connectivity index (χ0n) is 41.2. The number of unbranched alkanes of at least 4 members (excludes halogenated alkanes) is 10. The highest BCUT2D eigenvalue weighted by molar-refractivity contribution is 6.39. The fourth-order valence-electron chi connectivity index (χ4n) is 7.57. The lowest BCUT2D eigenvalue weighted by Gasteiger charge is -2.37. The van der Waals surface area contributed by atoms with Crippen molar-refractivity contribution in [1.29, 1.82) is 0 Å². The molecule has 4 aromatic rings. The maximum absolute atomic E-state index is 14.9. The minimum Gasteiger partial charge on any atom is -0.490 e. The van der Waals surface area contributed by atoms with Crippen LogP contribution in [0.4, 0.5) is 105 Å². The average Bonchev–Trinajstić information content (AvgIpc) is 3.26. The third-order valence-corrected chi connectivity index (χ3v) is 11.4. The highest BCUT2D eigenvalue weighted by Gasteiger charge is 2.47. The first-order valence-electron chi connectivity index (χ1n) is 23.2. The molecule has 0 saturated carbocycles. The maximum atomic E-state index is 14.9. The standard InChI is InChI=1S/C41H45BF18NO3.C8H3F6/c1-5-6-7-8-9-10-11-12-13-14-15-16-33(61(2,3)4)35-32(41(58,59)60)23-29(40(55,56)57)24-34(35)64-42(62-30-19-25(36(43,44)45)17-26(20-30)37(46,47)48)63-31-21-27(38(49,50)51)18-28(22-31)39(52,53)54;9-7(10,11)5-2-1-3-6(4-5)8(12,13)14/h17-24,33H,5-16H2,1-4H3;2-4H/q+1;-1. The van der Waals surface area contributed by atoms with Gasteiger partial charge >= 0.3 is 56.7 Å². The van der Waals surface area contributed by atoms with Gasteiger partial charge in [-0.25, -0.2) is 0 Å². The molecule has 0 amide bonds. The molecule has 0 fully saturated rings. The SMILES string of the molecule is CCCCCCCCCCCCCC(c1c(OB(Oc2cc(C(F)(F)F)cc(C(F)(F)F)c2)Oc2cc(C(F)(F)F)cc(C(F)(F)F)c2)cc(C(F)(F)F)cc1C(F)(F)F)[N+](C)(C)C.FC(F)(F)c1c[c-]cc(C(F)(F)F)c1. The van der Waals surface area contributed by atoms with Gasteiger partial charge < -0.3 is 18.4 Å². The molecule has 29 heteroatoms. The molecule has 0 N–H and O–H groups in total. The number of hydrogen-bond acceptors (Lipinski definition) is 3. The molecule has 1 atom stereocenters. The van der Waals surface area contributed by atoms with Crippen LogP contribution in [0.1, 0.15) is 140 Å².